The van der Waals surface area contributed by atoms with E-state index in [1.807, 2.05) is 65.7 Å². The summed E-state index contributed by atoms with van der Waals surface area (Å²) < 4.78 is 31.3. The summed E-state index contributed by atoms with van der Waals surface area (Å²) in [4.78, 5) is 43.9. The molecule has 13 heteroatoms. The predicted octanol–water partition coefficient (Wildman–Crippen LogP) is 4.22. The molecule has 0 bridgehead atoms. The maximum absolute atomic E-state index is 14.5. The van der Waals surface area contributed by atoms with Gasteiger partial charge in [0.25, 0.3) is 0 Å². The quantitative estimate of drug-likeness (QED) is 0.260. The summed E-state index contributed by atoms with van der Waals surface area (Å²) in [5.74, 6) is -2.49. The minimum absolute atomic E-state index is 0.126. The van der Waals surface area contributed by atoms with E-state index in [-0.39, 0.29) is 30.9 Å². The summed E-state index contributed by atoms with van der Waals surface area (Å²) >= 11 is 0. The predicted molar refractivity (Wildman–Crippen MR) is 192 cm³/mol. The fourth-order valence-electron chi connectivity index (χ4n) is 8.25. The first kappa shape index (κ1) is 40.7. The number of esters is 1. The maximum atomic E-state index is 14.5. The van der Waals surface area contributed by atoms with Crippen molar-refractivity contribution in [3.05, 3.63) is 41.5 Å². The van der Waals surface area contributed by atoms with Crippen LogP contribution in [0.25, 0.3) is 0 Å². The van der Waals surface area contributed by atoms with Gasteiger partial charge in [0, 0.05) is 48.7 Å². The first-order valence-corrected chi connectivity index (χ1v) is 18.1. The van der Waals surface area contributed by atoms with Gasteiger partial charge in [-0.2, -0.15) is 0 Å². The number of anilines is 1. The summed E-state index contributed by atoms with van der Waals surface area (Å²) in [5.41, 5.74) is 8.42. The van der Waals surface area contributed by atoms with Crippen molar-refractivity contribution < 1.29 is 43.2 Å². The Labute approximate surface area is 303 Å². The molecular weight excluding hydrogens is 656 g/mol. The third-order valence-electron chi connectivity index (χ3n) is 11.1. The fourth-order valence-corrected chi connectivity index (χ4v) is 8.25. The van der Waals surface area contributed by atoms with Crippen LogP contribution in [-0.2, 0) is 39.8 Å². The molecule has 13 nitrogen and oxygen atoms in total. The number of nitrogens with zero attached hydrogens (tertiary/aromatic N) is 2. The molecule has 3 aliphatic heterocycles. The number of Topliss-reactive ketones (excluding diaryl/α,β-unsaturated/α-hetero) is 1. The monoisotopic (exact) mass is 716 g/mol. The highest BCUT2D eigenvalue weighted by atomic mass is 16.7. The lowest BCUT2D eigenvalue weighted by atomic mass is 9.74. The number of ketones is 1. The maximum Gasteiger partial charge on any atom is 0.425 e. The second-order valence-electron chi connectivity index (χ2n) is 15.4. The number of hydrogen-bond donors (Lipinski definition) is 3. The largest absolute Gasteiger partial charge is 0.455 e. The number of rotatable bonds is 8. The number of ether oxygens (including phenoxy) is 5. The van der Waals surface area contributed by atoms with E-state index >= 15 is 0 Å². The second kappa shape index (κ2) is 16.3. The number of likely N-dealkylation sites (N-methyl/N-ethyl adjacent to an activating group) is 1. The Hall–Kier alpha value is -3.07. The number of methoxy groups -OCH3 is 1. The number of carbonyl (C=O) groups is 3. The third kappa shape index (κ3) is 8.60. The molecule has 2 fully saturated rings. The van der Waals surface area contributed by atoms with Crippen molar-refractivity contribution in [2.45, 2.75) is 135 Å². The molecule has 0 radical (unpaired) electrons. The van der Waals surface area contributed by atoms with Crippen LogP contribution in [0.3, 0.4) is 0 Å². The first-order valence-electron chi connectivity index (χ1n) is 18.1. The van der Waals surface area contributed by atoms with Gasteiger partial charge in [0.15, 0.2) is 11.9 Å². The highest BCUT2D eigenvalue weighted by molar-refractivity contribution is 5.88. The number of hydrogen-bond acceptors (Lipinski definition) is 12. The Balaban J connectivity index is 1.76. The number of cyclic esters (lactones) is 1. The molecule has 4 rings (SSSR count). The number of nitrogens with one attached hydrogen (secondary N) is 1. The highest BCUT2D eigenvalue weighted by Gasteiger charge is 2.60. The van der Waals surface area contributed by atoms with E-state index in [9.17, 15) is 19.5 Å². The Morgan fingerprint density at radius 2 is 1.75 bits per heavy atom. The summed E-state index contributed by atoms with van der Waals surface area (Å²) in [5, 5.41) is 12.8. The Morgan fingerprint density at radius 3 is 2.33 bits per heavy atom. The Kier molecular flexibility index (Phi) is 13.0. The van der Waals surface area contributed by atoms with E-state index in [4.69, 9.17) is 29.4 Å². The molecule has 286 valence electrons. The molecule has 51 heavy (non-hydrogen) atoms. The van der Waals surface area contributed by atoms with E-state index in [0.717, 1.165) is 5.56 Å². The van der Waals surface area contributed by atoms with Gasteiger partial charge in [-0.1, -0.05) is 45.9 Å². The van der Waals surface area contributed by atoms with Gasteiger partial charge in [-0.25, -0.2) is 20.0 Å². The minimum atomic E-state index is -1.37. The van der Waals surface area contributed by atoms with Crippen LogP contribution >= 0.6 is 0 Å². The highest BCUT2D eigenvalue weighted by Crippen LogP contribution is 2.42. The van der Waals surface area contributed by atoms with Crippen molar-refractivity contribution in [3.63, 3.8) is 0 Å². The zero-order valence-corrected chi connectivity index (χ0v) is 32.2. The lowest BCUT2D eigenvalue weighted by molar-refractivity contribution is -0.294. The zero-order valence-electron chi connectivity index (χ0n) is 32.2. The number of aliphatic hydroxyl groups excluding tert-OH is 1. The smallest absolute Gasteiger partial charge is 0.425 e. The zero-order chi connectivity index (χ0) is 38.0. The van der Waals surface area contributed by atoms with Gasteiger partial charge in [0.1, 0.15) is 24.0 Å². The van der Waals surface area contributed by atoms with Gasteiger partial charge in [-0.15, -0.1) is 0 Å². The lowest BCUT2D eigenvalue weighted by Crippen LogP contribution is -2.60. The molecule has 0 spiro atoms. The molecule has 12 atom stereocenters. The molecule has 0 saturated carbocycles. The standard InChI is InChI=1S/C38H60N4O9/c1-12-29-38(8)32(42(36(46)51-38)40-20-26-13-15-27(39)16-14-26)25(6)30(43)23(4)19-37(7,47-11)33(21(2)17-22(3)34(45)49-29)50-35-31(44)28(41(9)10)18-24(5)48-35/h13-17,21,23-25,28-29,31-33,35,40,44H,12,18-20,39H2,1-11H3/b22-17+/t21-,23+,24+,25-,28-,29?,31+,32+,33+,35-,37+,38+/m0/s1. The average molecular weight is 717 g/mol. The minimum Gasteiger partial charge on any atom is -0.455 e. The van der Waals surface area contributed by atoms with Crippen LogP contribution < -0.4 is 11.2 Å². The van der Waals surface area contributed by atoms with Crippen LogP contribution in [0.2, 0.25) is 0 Å². The molecule has 0 aromatic heterocycles. The van der Waals surface area contributed by atoms with Crippen molar-refractivity contribution in [2.75, 3.05) is 26.9 Å². The van der Waals surface area contributed by atoms with Crippen molar-refractivity contribution in [1.29, 1.82) is 0 Å². The van der Waals surface area contributed by atoms with E-state index in [1.54, 1.807) is 46.1 Å². The molecule has 2 saturated heterocycles. The number of nitrogens with two attached hydrogens (primary N) is 1. The van der Waals surface area contributed by atoms with Crippen molar-refractivity contribution in [1.82, 2.24) is 15.3 Å². The van der Waals surface area contributed by atoms with Gasteiger partial charge in [-0.05, 0) is 78.7 Å². The normalized spacial score (nSPS) is 39.5. The van der Waals surface area contributed by atoms with E-state index in [1.165, 1.54) is 5.01 Å². The lowest BCUT2D eigenvalue weighted by Gasteiger charge is -2.46. The van der Waals surface area contributed by atoms with Crippen LogP contribution in [0.1, 0.15) is 80.2 Å². The van der Waals surface area contributed by atoms with Crippen LogP contribution in [-0.4, -0.2) is 108 Å². The Bertz CT molecular complexity index is 1420. The number of benzene rings is 1. The Morgan fingerprint density at radius 1 is 1.10 bits per heavy atom. The van der Waals surface area contributed by atoms with Crippen LogP contribution in [0, 0.1) is 17.8 Å². The van der Waals surface area contributed by atoms with Crippen LogP contribution in [0.4, 0.5) is 10.5 Å². The number of carbonyl (C=O) groups excluding carboxylic acids is 3. The number of hydrazine groups is 1. The van der Waals surface area contributed by atoms with E-state index < -0.39 is 71.7 Å². The molecule has 3 aliphatic rings. The van der Waals surface area contributed by atoms with Gasteiger partial charge >= 0.3 is 12.1 Å². The molecule has 4 N–H and O–H groups in total. The summed E-state index contributed by atoms with van der Waals surface area (Å²) in [7, 11) is 5.38. The van der Waals surface area contributed by atoms with Crippen molar-refractivity contribution in [2.24, 2.45) is 17.8 Å². The fraction of sp³-hybridized carbons (Fsp3) is 0.711. The van der Waals surface area contributed by atoms with Crippen LogP contribution in [0.15, 0.2) is 35.9 Å². The number of aliphatic hydroxyl groups is 1. The first-order chi connectivity index (χ1) is 23.9. The summed E-state index contributed by atoms with van der Waals surface area (Å²) in [6, 6.07) is 6.20. The van der Waals surface area contributed by atoms with Crippen molar-refractivity contribution >= 4 is 23.5 Å². The van der Waals surface area contributed by atoms with Gasteiger partial charge in [0.05, 0.1) is 17.8 Å². The third-order valence-corrected chi connectivity index (χ3v) is 11.1. The summed E-state index contributed by atoms with van der Waals surface area (Å²) in [6.45, 7) is 14.9. The molecule has 1 amide bonds. The SMILES string of the molecule is CCC1OC(=O)/C(C)=C/[C@H](C)[C@@H](O[C@@H]2O[C@H](C)C[C@H](N(C)C)[C@H]2O)[C@](C)(OC)C[C@@H](C)C(=O)[C@H](C)[C@H]2N(NCc3ccc(N)cc3)C(=O)O[C@]12C. The molecule has 1 aromatic rings. The van der Waals surface area contributed by atoms with E-state index in [0.29, 0.717) is 24.1 Å². The topological polar surface area (TPSA) is 162 Å². The number of fused-ring (bicyclic) bond motifs is 1. The van der Waals surface area contributed by atoms with E-state index in [2.05, 4.69) is 5.43 Å². The molecule has 3 heterocycles. The molecular formula is C38H60N4O9. The van der Waals surface area contributed by atoms with Gasteiger partial charge in [0.2, 0.25) is 0 Å². The summed E-state index contributed by atoms with van der Waals surface area (Å²) in [6.07, 6.45) is -1.47. The second-order valence-corrected chi connectivity index (χ2v) is 15.4. The van der Waals surface area contributed by atoms with Crippen LogP contribution in [0.5, 0.6) is 0 Å². The number of nitrogen functional groups attached to an aromatic ring is 1. The molecule has 1 aromatic carbocycles. The van der Waals surface area contributed by atoms with Gasteiger partial charge < -0.3 is 39.4 Å². The average Bonchev–Trinajstić information content (AvgIpc) is 3.34. The number of amides is 1. The molecule has 0 aliphatic carbocycles. The van der Waals surface area contributed by atoms with Gasteiger partial charge in [-0.3, -0.25) is 4.79 Å². The van der Waals surface area contributed by atoms with Crippen molar-refractivity contribution in [3.8, 4) is 0 Å². The molecule has 1 unspecified atom stereocenters.